The maximum atomic E-state index is 5.54. The molecule has 1 aliphatic carbocycles. The first-order chi connectivity index (χ1) is 7.74. The number of rotatable bonds is 5. The molecule has 1 aromatic heterocycles. The zero-order chi connectivity index (χ0) is 11.4. The van der Waals surface area contributed by atoms with Gasteiger partial charge in [-0.15, -0.1) is 0 Å². The molecule has 4 heteroatoms. The van der Waals surface area contributed by atoms with Gasteiger partial charge in [-0.25, -0.2) is 0 Å². The van der Waals surface area contributed by atoms with Crippen LogP contribution in [0, 0.1) is 0 Å². The van der Waals surface area contributed by atoms with Gasteiger partial charge in [0.2, 0.25) is 0 Å². The van der Waals surface area contributed by atoms with Crippen LogP contribution in [0.2, 0.25) is 0 Å². The molecule has 1 fully saturated rings. The van der Waals surface area contributed by atoms with Crippen molar-refractivity contribution in [3.63, 3.8) is 0 Å². The first-order valence-corrected chi connectivity index (χ1v) is 6.40. The van der Waals surface area contributed by atoms with Gasteiger partial charge in [-0.3, -0.25) is 4.98 Å². The summed E-state index contributed by atoms with van der Waals surface area (Å²) in [5.41, 5.74) is 1.16. The lowest BCUT2D eigenvalue weighted by molar-refractivity contribution is -0.0695. The highest BCUT2D eigenvalue weighted by Crippen LogP contribution is 2.34. The number of aromatic nitrogens is 1. The Hall–Kier alpha value is -0.450. The van der Waals surface area contributed by atoms with E-state index in [1.54, 1.807) is 7.11 Å². The van der Waals surface area contributed by atoms with Crippen LogP contribution < -0.4 is 5.32 Å². The third-order valence-corrected chi connectivity index (χ3v) is 3.71. The Bertz CT molecular complexity index is 330. The minimum Gasteiger partial charge on any atom is -0.377 e. The Kier molecular flexibility index (Phi) is 3.95. The molecule has 0 aromatic carbocycles. The van der Waals surface area contributed by atoms with Crippen molar-refractivity contribution in [1.29, 1.82) is 0 Å². The van der Waals surface area contributed by atoms with E-state index in [2.05, 4.69) is 26.2 Å². The van der Waals surface area contributed by atoms with Gasteiger partial charge in [-0.05, 0) is 47.3 Å². The third kappa shape index (κ3) is 2.81. The average Bonchev–Trinajstić information content (AvgIpc) is 2.25. The molecule has 0 atom stereocenters. The normalized spacial score (nSPS) is 18.1. The Morgan fingerprint density at radius 2 is 2.31 bits per heavy atom. The summed E-state index contributed by atoms with van der Waals surface area (Å²) in [5, 5.41) is 3.41. The van der Waals surface area contributed by atoms with E-state index in [4.69, 9.17) is 4.74 Å². The highest BCUT2D eigenvalue weighted by Gasteiger charge is 2.36. The number of ether oxygens (including phenoxy) is 1. The fourth-order valence-electron chi connectivity index (χ4n) is 1.95. The summed E-state index contributed by atoms with van der Waals surface area (Å²) < 4.78 is 6.56. The predicted molar refractivity (Wildman–Crippen MR) is 67.2 cm³/mol. The largest absolute Gasteiger partial charge is 0.377 e. The van der Waals surface area contributed by atoms with Crippen molar-refractivity contribution in [2.45, 2.75) is 31.4 Å². The number of nitrogens with zero attached hydrogens (tertiary/aromatic N) is 1. The Morgan fingerprint density at radius 3 is 2.81 bits per heavy atom. The van der Waals surface area contributed by atoms with E-state index in [9.17, 15) is 0 Å². The van der Waals surface area contributed by atoms with Gasteiger partial charge < -0.3 is 10.1 Å². The topological polar surface area (TPSA) is 34.1 Å². The molecule has 0 unspecified atom stereocenters. The molecule has 0 aliphatic heterocycles. The molecular formula is C12H17BrN2O. The van der Waals surface area contributed by atoms with Crippen LogP contribution in [0.5, 0.6) is 0 Å². The average molecular weight is 285 g/mol. The first-order valence-electron chi connectivity index (χ1n) is 5.60. The quantitative estimate of drug-likeness (QED) is 0.902. The molecule has 3 nitrogen and oxygen atoms in total. The highest BCUT2D eigenvalue weighted by molar-refractivity contribution is 9.10. The molecule has 2 rings (SSSR count). The summed E-state index contributed by atoms with van der Waals surface area (Å²) in [5.74, 6) is 0. The molecular weight excluding hydrogens is 268 g/mol. The van der Waals surface area contributed by atoms with Crippen molar-refractivity contribution in [2.24, 2.45) is 0 Å². The molecule has 0 bridgehead atoms. The molecule has 1 heterocycles. The van der Waals surface area contributed by atoms with Crippen molar-refractivity contribution in [2.75, 3.05) is 13.7 Å². The number of nitrogens with one attached hydrogen (secondary N) is 1. The van der Waals surface area contributed by atoms with Gasteiger partial charge in [0, 0.05) is 30.9 Å². The van der Waals surface area contributed by atoms with Gasteiger partial charge in [0.1, 0.15) is 0 Å². The van der Waals surface area contributed by atoms with E-state index in [0.717, 1.165) is 23.3 Å². The van der Waals surface area contributed by atoms with Crippen molar-refractivity contribution < 1.29 is 4.74 Å². The van der Waals surface area contributed by atoms with Gasteiger partial charge in [0.25, 0.3) is 0 Å². The Morgan fingerprint density at radius 1 is 1.50 bits per heavy atom. The van der Waals surface area contributed by atoms with Crippen molar-refractivity contribution in [3.8, 4) is 0 Å². The SMILES string of the molecule is COC1(CNCc2ccc(Br)cn2)CCC1. The summed E-state index contributed by atoms with van der Waals surface area (Å²) in [7, 11) is 1.80. The van der Waals surface area contributed by atoms with Gasteiger partial charge in [-0.2, -0.15) is 0 Å². The zero-order valence-corrected chi connectivity index (χ0v) is 11.1. The van der Waals surface area contributed by atoms with Crippen molar-refractivity contribution in [1.82, 2.24) is 10.3 Å². The predicted octanol–water partition coefficient (Wildman–Crippen LogP) is 2.50. The fourth-order valence-corrected chi connectivity index (χ4v) is 2.19. The van der Waals surface area contributed by atoms with Crippen LogP contribution in [-0.2, 0) is 11.3 Å². The molecule has 0 saturated heterocycles. The molecule has 1 aliphatic rings. The van der Waals surface area contributed by atoms with Crippen molar-refractivity contribution >= 4 is 15.9 Å². The van der Waals surface area contributed by atoms with E-state index < -0.39 is 0 Å². The summed E-state index contributed by atoms with van der Waals surface area (Å²) in [6.45, 7) is 1.72. The third-order valence-electron chi connectivity index (χ3n) is 3.24. The Balaban J connectivity index is 1.77. The van der Waals surface area contributed by atoms with Crippen LogP contribution in [0.4, 0.5) is 0 Å². The van der Waals surface area contributed by atoms with E-state index in [1.165, 1.54) is 19.3 Å². The number of hydrogen-bond donors (Lipinski definition) is 1. The monoisotopic (exact) mass is 284 g/mol. The summed E-state index contributed by atoms with van der Waals surface area (Å²) >= 11 is 3.37. The number of hydrogen-bond acceptors (Lipinski definition) is 3. The van der Waals surface area contributed by atoms with Crippen LogP contribution in [0.15, 0.2) is 22.8 Å². The lowest BCUT2D eigenvalue weighted by Crippen LogP contribution is -2.47. The van der Waals surface area contributed by atoms with Crippen LogP contribution in [0.1, 0.15) is 25.0 Å². The molecule has 88 valence electrons. The van der Waals surface area contributed by atoms with E-state index in [-0.39, 0.29) is 5.60 Å². The van der Waals surface area contributed by atoms with E-state index in [0.29, 0.717) is 0 Å². The number of methoxy groups -OCH3 is 1. The molecule has 0 spiro atoms. The second kappa shape index (κ2) is 5.25. The maximum absolute atomic E-state index is 5.54. The smallest absolute Gasteiger partial charge is 0.0802 e. The first kappa shape index (κ1) is 12.0. The van der Waals surface area contributed by atoms with Crippen LogP contribution >= 0.6 is 15.9 Å². The highest BCUT2D eigenvalue weighted by atomic mass is 79.9. The van der Waals surface area contributed by atoms with Gasteiger partial charge in [0.15, 0.2) is 0 Å². The lowest BCUT2D eigenvalue weighted by atomic mass is 9.80. The molecule has 16 heavy (non-hydrogen) atoms. The molecule has 1 N–H and O–H groups in total. The zero-order valence-electron chi connectivity index (χ0n) is 9.50. The minimum atomic E-state index is 0.0926. The van der Waals surface area contributed by atoms with Crippen LogP contribution in [-0.4, -0.2) is 24.2 Å². The van der Waals surface area contributed by atoms with Crippen molar-refractivity contribution in [3.05, 3.63) is 28.5 Å². The summed E-state index contributed by atoms with van der Waals surface area (Å²) in [6, 6.07) is 4.04. The standard InChI is InChI=1S/C12H17BrN2O/c1-16-12(5-2-6-12)9-14-8-11-4-3-10(13)7-15-11/h3-4,7,14H,2,5-6,8-9H2,1H3. The maximum Gasteiger partial charge on any atom is 0.0802 e. The van der Waals surface area contributed by atoms with Gasteiger partial charge in [0.05, 0.1) is 11.3 Å². The lowest BCUT2D eigenvalue weighted by Gasteiger charge is -2.40. The van der Waals surface area contributed by atoms with Gasteiger partial charge >= 0.3 is 0 Å². The van der Waals surface area contributed by atoms with E-state index in [1.807, 2.05) is 18.3 Å². The number of halogens is 1. The second-order valence-electron chi connectivity index (χ2n) is 4.31. The fraction of sp³-hybridized carbons (Fsp3) is 0.583. The summed E-state index contributed by atoms with van der Waals surface area (Å²) in [6.07, 6.45) is 5.45. The summed E-state index contributed by atoms with van der Waals surface area (Å²) in [4.78, 5) is 4.32. The molecule has 1 saturated carbocycles. The molecule has 0 radical (unpaired) electrons. The molecule has 0 amide bonds. The van der Waals surface area contributed by atoms with Crippen LogP contribution in [0.25, 0.3) is 0 Å². The minimum absolute atomic E-state index is 0.0926. The van der Waals surface area contributed by atoms with Gasteiger partial charge in [-0.1, -0.05) is 0 Å². The van der Waals surface area contributed by atoms with Crippen LogP contribution in [0.3, 0.4) is 0 Å². The van der Waals surface area contributed by atoms with E-state index >= 15 is 0 Å². The second-order valence-corrected chi connectivity index (χ2v) is 5.23. The number of pyridine rings is 1. The Labute approximate surface area is 105 Å². The molecule has 1 aromatic rings.